The molecule has 0 bridgehead atoms. The van der Waals surface area contributed by atoms with Gasteiger partial charge in [0.2, 0.25) is 0 Å². The molecule has 0 aliphatic rings. The number of carbonyl (C=O) groups is 1. The average molecular weight is 216 g/mol. The highest BCUT2D eigenvalue weighted by molar-refractivity contribution is 5.87. The highest BCUT2D eigenvalue weighted by atomic mass is 16.4. The summed E-state index contributed by atoms with van der Waals surface area (Å²) in [6, 6.07) is 13.3. The van der Waals surface area contributed by atoms with Crippen molar-refractivity contribution < 1.29 is 15.0 Å². The Labute approximate surface area is 93.3 Å². The van der Waals surface area contributed by atoms with Gasteiger partial charge in [-0.2, -0.15) is 0 Å². The second kappa shape index (κ2) is 5.56. The lowest BCUT2D eigenvalue weighted by Crippen LogP contribution is -1.82. The van der Waals surface area contributed by atoms with Gasteiger partial charge in [-0.25, -0.2) is 4.79 Å². The molecule has 0 atom stereocenters. The number of fused-ring (bicyclic) bond motifs is 1. The number of aromatic hydroxyl groups is 1. The third-order valence-corrected chi connectivity index (χ3v) is 1.94. The Morgan fingerprint density at radius 3 is 2.25 bits per heavy atom. The van der Waals surface area contributed by atoms with Crippen LogP contribution in [0.2, 0.25) is 0 Å². The van der Waals surface area contributed by atoms with Gasteiger partial charge in [-0.05, 0) is 11.5 Å². The summed E-state index contributed by atoms with van der Waals surface area (Å²) in [5, 5.41) is 19.0. The average Bonchev–Trinajstić information content (AvgIpc) is 2.30. The number of hydrogen-bond acceptors (Lipinski definition) is 2. The first-order chi connectivity index (χ1) is 7.65. The minimum absolute atomic E-state index is 0.350. The van der Waals surface area contributed by atoms with Gasteiger partial charge in [0.25, 0.3) is 0 Å². The van der Waals surface area contributed by atoms with Crippen LogP contribution in [0, 0.1) is 0 Å². The SMILES string of the molecule is C=CC(=O)O.Oc1cccc2ccccc12. The largest absolute Gasteiger partial charge is 0.507 e. The van der Waals surface area contributed by atoms with Crippen molar-refractivity contribution in [1.82, 2.24) is 0 Å². The van der Waals surface area contributed by atoms with E-state index in [4.69, 9.17) is 5.11 Å². The van der Waals surface area contributed by atoms with E-state index in [0.717, 1.165) is 16.8 Å². The summed E-state index contributed by atoms with van der Waals surface area (Å²) in [5.41, 5.74) is 0. The fourth-order valence-electron chi connectivity index (χ4n) is 1.21. The lowest BCUT2D eigenvalue weighted by atomic mass is 10.1. The van der Waals surface area contributed by atoms with Crippen LogP contribution >= 0.6 is 0 Å². The van der Waals surface area contributed by atoms with Gasteiger partial charge in [-0.1, -0.05) is 43.0 Å². The van der Waals surface area contributed by atoms with E-state index in [1.807, 2.05) is 36.4 Å². The second-order valence-corrected chi connectivity index (χ2v) is 3.04. The molecule has 0 saturated heterocycles. The number of phenolic OH excluding ortho intramolecular Hbond substituents is 1. The third kappa shape index (κ3) is 3.13. The predicted molar refractivity (Wildman–Crippen MR) is 63.4 cm³/mol. The molecule has 0 unspecified atom stereocenters. The standard InChI is InChI=1S/C10H8O.C3H4O2/c11-10-7-3-5-8-4-1-2-6-9(8)10;1-2-3(4)5/h1-7,11H;2H,1H2,(H,4,5). The Bertz CT molecular complexity index is 498. The molecule has 3 heteroatoms. The quantitative estimate of drug-likeness (QED) is 0.720. The highest BCUT2D eigenvalue weighted by Gasteiger charge is 1.94. The van der Waals surface area contributed by atoms with Crippen molar-refractivity contribution in [2.45, 2.75) is 0 Å². The van der Waals surface area contributed by atoms with Crippen molar-refractivity contribution >= 4 is 16.7 Å². The van der Waals surface area contributed by atoms with Gasteiger partial charge < -0.3 is 10.2 Å². The molecule has 0 aliphatic heterocycles. The highest BCUT2D eigenvalue weighted by Crippen LogP contribution is 2.22. The van der Waals surface area contributed by atoms with Crippen molar-refractivity contribution in [3.8, 4) is 5.75 Å². The lowest BCUT2D eigenvalue weighted by molar-refractivity contribution is -0.131. The minimum atomic E-state index is -0.981. The Morgan fingerprint density at radius 1 is 1.12 bits per heavy atom. The molecular weight excluding hydrogens is 204 g/mol. The molecule has 0 aliphatic carbocycles. The van der Waals surface area contributed by atoms with Gasteiger partial charge in [0.05, 0.1) is 0 Å². The maximum absolute atomic E-state index is 9.37. The fourth-order valence-corrected chi connectivity index (χ4v) is 1.21. The van der Waals surface area contributed by atoms with E-state index in [-0.39, 0.29) is 0 Å². The summed E-state index contributed by atoms with van der Waals surface area (Å²) in [6.45, 7) is 2.96. The van der Waals surface area contributed by atoms with Crippen LogP contribution in [0.1, 0.15) is 0 Å². The first-order valence-corrected chi connectivity index (χ1v) is 4.67. The number of benzene rings is 2. The summed E-state index contributed by atoms with van der Waals surface area (Å²) < 4.78 is 0. The van der Waals surface area contributed by atoms with E-state index in [1.54, 1.807) is 6.07 Å². The van der Waals surface area contributed by atoms with Crippen LogP contribution < -0.4 is 0 Å². The third-order valence-electron chi connectivity index (χ3n) is 1.94. The van der Waals surface area contributed by atoms with Gasteiger partial charge >= 0.3 is 5.97 Å². The van der Waals surface area contributed by atoms with E-state index in [2.05, 4.69) is 6.58 Å². The first kappa shape index (κ1) is 11.8. The monoisotopic (exact) mass is 216 g/mol. The van der Waals surface area contributed by atoms with E-state index in [1.165, 1.54) is 0 Å². The van der Waals surface area contributed by atoms with Crippen molar-refractivity contribution in [1.29, 1.82) is 0 Å². The molecule has 2 N–H and O–H groups in total. The van der Waals surface area contributed by atoms with Gasteiger partial charge in [-0.3, -0.25) is 0 Å². The molecule has 0 heterocycles. The zero-order valence-corrected chi connectivity index (χ0v) is 8.63. The number of rotatable bonds is 1. The van der Waals surface area contributed by atoms with Crippen molar-refractivity contribution in [2.75, 3.05) is 0 Å². The zero-order valence-electron chi connectivity index (χ0n) is 8.63. The van der Waals surface area contributed by atoms with Crippen LogP contribution in [0.3, 0.4) is 0 Å². The molecule has 0 aromatic heterocycles. The van der Waals surface area contributed by atoms with Crippen LogP contribution in [0.5, 0.6) is 5.75 Å². The van der Waals surface area contributed by atoms with Crippen LogP contribution in [0.25, 0.3) is 10.8 Å². The van der Waals surface area contributed by atoms with E-state index >= 15 is 0 Å². The summed E-state index contributed by atoms with van der Waals surface area (Å²) in [5.74, 6) is -0.631. The molecule has 0 spiro atoms. The number of phenols is 1. The van der Waals surface area contributed by atoms with Crippen LogP contribution in [-0.2, 0) is 4.79 Å². The van der Waals surface area contributed by atoms with Crippen molar-refractivity contribution in [3.05, 3.63) is 55.1 Å². The van der Waals surface area contributed by atoms with Gasteiger partial charge in [0, 0.05) is 11.5 Å². The molecule has 16 heavy (non-hydrogen) atoms. The topological polar surface area (TPSA) is 57.5 Å². The Morgan fingerprint density at radius 2 is 1.69 bits per heavy atom. The van der Waals surface area contributed by atoms with E-state index in [0.29, 0.717) is 5.75 Å². The Kier molecular flexibility index (Phi) is 4.09. The summed E-state index contributed by atoms with van der Waals surface area (Å²) in [4.78, 5) is 9.25. The molecule has 2 rings (SSSR count). The summed E-state index contributed by atoms with van der Waals surface area (Å²) >= 11 is 0. The molecule has 0 fully saturated rings. The number of aliphatic carboxylic acids is 1. The van der Waals surface area contributed by atoms with Crippen molar-refractivity contribution in [3.63, 3.8) is 0 Å². The van der Waals surface area contributed by atoms with Crippen LogP contribution in [0.15, 0.2) is 55.1 Å². The molecule has 3 nitrogen and oxygen atoms in total. The maximum Gasteiger partial charge on any atom is 0.327 e. The molecular formula is C13H12O3. The van der Waals surface area contributed by atoms with Crippen LogP contribution in [-0.4, -0.2) is 16.2 Å². The molecule has 0 radical (unpaired) electrons. The normalized spacial score (nSPS) is 9.00. The molecule has 0 amide bonds. The smallest absolute Gasteiger partial charge is 0.327 e. The number of hydrogen-bond donors (Lipinski definition) is 2. The van der Waals surface area contributed by atoms with Crippen LogP contribution in [0.4, 0.5) is 0 Å². The summed E-state index contributed by atoms with van der Waals surface area (Å²) in [6.07, 6.45) is 0.833. The number of carboxylic acid groups (broad SMARTS) is 1. The molecule has 2 aromatic carbocycles. The first-order valence-electron chi connectivity index (χ1n) is 4.67. The Hall–Kier alpha value is -2.29. The molecule has 2 aromatic rings. The summed E-state index contributed by atoms with van der Waals surface area (Å²) in [7, 11) is 0. The fraction of sp³-hybridized carbons (Fsp3) is 0. The number of carboxylic acids is 1. The zero-order chi connectivity index (χ0) is 12.0. The van der Waals surface area contributed by atoms with Crippen molar-refractivity contribution in [2.24, 2.45) is 0 Å². The Balaban J connectivity index is 0.000000221. The predicted octanol–water partition coefficient (Wildman–Crippen LogP) is 2.80. The lowest BCUT2D eigenvalue weighted by Gasteiger charge is -1.97. The molecule has 82 valence electrons. The van der Waals surface area contributed by atoms with E-state index < -0.39 is 5.97 Å². The molecule has 0 saturated carbocycles. The second-order valence-electron chi connectivity index (χ2n) is 3.04. The maximum atomic E-state index is 9.37. The minimum Gasteiger partial charge on any atom is -0.507 e. The van der Waals surface area contributed by atoms with Gasteiger partial charge in [0.1, 0.15) is 5.75 Å². The van der Waals surface area contributed by atoms with Gasteiger partial charge in [-0.15, -0.1) is 0 Å². The van der Waals surface area contributed by atoms with E-state index in [9.17, 15) is 9.90 Å². The van der Waals surface area contributed by atoms with Gasteiger partial charge in [0.15, 0.2) is 0 Å².